The van der Waals surface area contributed by atoms with E-state index < -0.39 is 17.7 Å². The SMILES string of the molecule is C=C(/C(Br)=C(\C=C(/N)F)N1CC(N2CCN(C)CC2)C1)C(F)(F)F. The van der Waals surface area contributed by atoms with Crippen molar-refractivity contribution in [3.63, 3.8) is 0 Å². The second kappa shape index (κ2) is 7.45. The van der Waals surface area contributed by atoms with E-state index in [2.05, 4.69) is 39.4 Å². The Labute approximate surface area is 147 Å². The van der Waals surface area contributed by atoms with Crippen LogP contribution in [-0.2, 0) is 0 Å². The van der Waals surface area contributed by atoms with E-state index in [1.807, 2.05) is 0 Å². The molecule has 0 bridgehead atoms. The Morgan fingerprint density at radius 1 is 1.21 bits per heavy atom. The molecule has 0 aliphatic carbocycles. The molecule has 136 valence electrons. The summed E-state index contributed by atoms with van der Waals surface area (Å²) in [7, 11) is 2.06. The third kappa shape index (κ3) is 4.52. The van der Waals surface area contributed by atoms with Gasteiger partial charge in [-0.15, -0.1) is 0 Å². The fourth-order valence-corrected chi connectivity index (χ4v) is 3.36. The maximum Gasteiger partial charge on any atom is 0.417 e. The zero-order valence-corrected chi connectivity index (χ0v) is 15.0. The van der Waals surface area contributed by atoms with Gasteiger partial charge in [-0.1, -0.05) is 6.58 Å². The van der Waals surface area contributed by atoms with Crippen LogP contribution in [0.15, 0.2) is 34.4 Å². The lowest BCUT2D eigenvalue weighted by Crippen LogP contribution is -2.62. The van der Waals surface area contributed by atoms with Crippen LogP contribution >= 0.6 is 15.9 Å². The van der Waals surface area contributed by atoms with Crippen LogP contribution in [0.3, 0.4) is 0 Å². The molecule has 0 unspecified atom stereocenters. The van der Waals surface area contributed by atoms with Crippen molar-refractivity contribution in [1.29, 1.82) is 0 Å². The zero-order chi connectivity index (χ0) is 18.1. The molecule has 0 radical (unpaired) electrons. The number of hydrogen-bond acceptors (Lipinski definition) is 4. The molecule has 0 aromatic heterocycles. The average molecular weight is 413 g/mol. The van der Waals surface area contributed by atoms with Crippen molar-refractivity contribution in [2.75, 3.05) is 46.3 Å². The van der Waals surface area contributed by atoms with Crippen LogP contribution in [0.1, 0.15) is 0 Å². The maximum atomic E-state index is 13.1. The minimum Gasteiger partial charge on any atom is -0.376 e. The highest BCUT2D eigenvalue weighted by Gasteiger charge is 2.38. The first-order chi connectivity index (χ1) is 11.1. The molecule has 24 heavy (non-hydrogen) atoms. The van der Waals surface area contributed by atoms with Gasteiger partial charge in [0.25, 0.3) is 0 Å². The number of nitrogens with zero attached hydrogens (tertiary/aromatic N) is 3. The molecule has 2 rings (SSSR count). The molecule has 0 saturated carbocycles. The van der Waals surface area contributed by atoms with E-state index in [-0.39, 0.29) is 16.2 Å². The molecule has 0 aromatic rings. The predicted molar refractivity (Wildman–Crippen MR) is 89.0 cm³/mol. The number of halogens is 5. The maximum absolute atomic E-state index is 13.1. The van der Waals surface area contributed by atoms with Gasteiger partial charge in [0.05, 0.1) is 15.8 Å². The van der Waals surface area contributed by atoms with E-state index in [1.165, 1.54) is 0 Å². The summed E-state index contributed by atoms with van der Waals surface area (Å²) in [5, 5.41) is 0. The largest absolute Gasteiger partial charge is 0.417 e. The number of allylic oxidation sites excluding steroid dienone is 3. The molecule has 9 heteroatoms. The molecule has 2 fully saturated rings. The Kier molecular flexibility index (Phi) is 5.98. The molecule has 0 aromatic carbocycles. The Hall–Kier alpha value is -1.06. The average Bonchev–Trinajstić information content (AvgIpc) is 2.43. The fraction of sp³-hybridized carbons (Fsp3) is 0.600. The molecular weight excluding hydrogens is 392 g/mol. The summed E-state index contributed by atoms with van der Waals surface area (Å²) in [6.45, 7) is 7.88. The summed E-state index contributed by atoms with van der Waals surface area (Å²) in [4.78, 5) is 6.22. The Balaban J connectivity index is 2.09. The Morgan fingerprint density at radius 2 is 1.75 bits per heavy atom. The van der Waals surface area contributed by atoms with E-state index in [0.29, 0.717) is 13.1 Å². The van der Waals surface area contributed by atoms with Crippen LogP contribution < -0.4 is 5.73 Å². The van der Waals surface area contributed by atoms with Gasteiger partial charge in [0.2, 0.25) is 0 Å². The highest BCUT2D eigenvalue weighted by molar-refractivity contribution is 9.12. The first-order valence-electron chi connectivity index (χ1n) is 7.56. The number of piperazine rings is 1. The molecule has 2 saturated heterocycles. The van der Waals surface area contributed by atoms with Crippen LogP contribution in [0.2, 0.25) is 0 Å². The summed E-state index contributed by atoms with van der Waals surface area (Å²) in [5.74, 6) is -1.04. The van der Waals surface area contributed by atoms with Crippen molar-refractivity contribution in [3.05, 3.63) is 34.4 Å². The lowest BCUT2D eigenvalue weighted by molar-refractivity contribution is -0.0883. The number of nitrogens with two attached hydrogens (primary N) is 1. The van der Waals surface area contributed by atoms with E-state index in [9.17, 15) is 17.6 Å². The molecule has 2 N–H and O–H groups in total. The summed E-state index contributed by atoms with van der Waals surface area (Å²) < 4.78 is 51.4. The van der Waals surface area contributed by atoms with Gasteiger partial charge in [-0.2, -0.15) is 17.6 Å². The van der Waals surface area contributed by atoms with Crippen LogP contribution in [-0.4, -0.2) is 73.2 Å². The van der Waals surface area contributed by atoms with Gasteiger partial charge in [0, 0.05) is 51.4 Å². The molecule has 0 amide bonds. The summed E-state index contributed by atoms with van der Waals surface area (Å²) >= 11 is 2.90. The van der Waals surface area contributed by atoms with Gasteiger partial charge in [-0.3, -0.25) is 4.90 Å². The van der Waals surface area contributed by atoms with Crippen molar-refractivity contribution in [2.24, 2.45) is 5.73 Å². The van der Waals surface area contributed by atoms with Gasteiger partial charge in [-0.05, 0) is 23.0 Å². The lowest BCUT2D eigenvalue weighted by Gasteiger charge is -2.49. The monoisotopic (exact) mass is 412 g/mol. The zero-order valence-electron chi connectivity index (χ0n) is 13.4. The number of likely N-dealkylation sites (N-methyl/N-ethyl adjacent to an activating group) is 1. The second-order valence-corrected chi connectivity index (χ2v) is 6.90. The molecule has 0 spiro atoms. The second-order valence-electron chi connectivity index (χ2n) is 6.10. The molecule has 2 aliphatic rings. The normalized spacial score (nSPS) is 23.1. The fourth-order valence-electron chi connectivity index (χ4n) is 2.77. The topological polar surface area (TPSA) is 35.7 Å². The van der Waals surface area contributed by atoms with Crippen molar-refractivity contribution < 1.29 is 17.6 Å². The third-order valence-electron chi connectivity index (χ3n) is 4.36. The number of likely N-dealkylation sites (tertiary alicyclic amines) is 1. The molecule has 2 heterocycles. The van der Waals surface area contributed by atoms with Crippen molar-refractivity contribution in [3.8, 4) is 0 Å². The van der Waals surface area contributed by atoms with E-state index in [0.717, 1.165) is 32.3 Å². The molecule has 0 atom stereocenters. The summed E-state index contributed by atoms with van der Waals surface area (Å²) in [5.41, 5.74) is 4.05. The summed E-state index contributed by atoms with van der Waals surface area (Å²) in [6, 6.07) is 0.252. The number of rotatable bonds is 4. The smallest absolute Gasteiger partial charge is 0.376 e. The quantitative estimate of drug-likeness (QED) is 0.437. The Bertz CT molecular complexity index is 540. The molecular formula is C15H21BrF4N4. The predicted octanol–water partition coefficient (Wildman–Crippen LogP) is 2.41. The van der Waals surface area contributed by atoms with E-state index >= 15 is 0 Å². The molecule has 4 nitrogen and oxygen atoms in total. The standard InChI is InChI=1S/C15H21BrF4N4/c1-10(15(18,19)20)14(16)12(7-13(17)21)24-8-11(9-24)23-5-3-22(2)4-6-23/h7,11H,1,3-6,8-9,21H2,2H3/b13-7-,14-12-. The van der Waals surface area contributed by atoms with Crippen LogP contribution in [0, 0.1) is 0 Å². The van der Waals surface area contributed by atoms with E-state index in [4.69, 9.17) is 5.73 Å². The first kappa shape index (κ1) is 19.3. The van der Waals surface area contributed by atoms with Crippen molar-refractivity contribution >= 4 is 15.9 Å². The number of hydrogen-bond donors (Lipinski definition) is 1. The van der Waals surface area contributed by atoms with Crippen LogP contribution in [0.5, 0.6) is 0 Å². The van der Waals surface area contributed by atoms with Crippen molar-refractivity contribution in [1.82, 2.24) is 14.7 Å². The highest BCUT2D eigenvalue weighted by atomic mass is 79.9. The lowest BCUT2D eigenvalue weighted by atomic mass is 10.0. The van der Waals surface area contributed by atoms with Gasteiger partial charge in [-0.25, -0.2) is 0 Å². The van der Waals surface area contributed by atoms with Gasteiger partial charge >= 0.3 is 6.18 Å². The van der Waals surface area contributed by atoms with Crippen LogP contribution in [0.4, 0.5) is 17.6 Å². The third-order valence-corrected chi connectivity index (χ3v) is 5.25. The van der Waals surface area contributed by atoms with Gasteiger partial charge < -0.3 is 15.5 Å². The minimum absolute atomic E-state index is 0.0719. The number of alkyl halides is 3. The van der Waals surface area contributed by atoms with Gasteiger partial charge in [0.1, 0.15) is 0 Å². The summed E-state index contributed by atoms with van der Waals surface area (Å²) in [6.07, 6.45) is -3.69. The van der Waals surface area contributed by atoms with Gasteiger partial charge in [0.15, 0.2) is 5.95 Å². The van der Waals surface area contributed by atoms with Crippen molar-refractivity contribution in [2.45, 2.75) is 12.2 Å². The van der Waals surface area contributed by atoms with E-state index in [1.54, 1.807) is 4.90 Å². The first-order valence-corrected chi connectivity index (χ1v) is 8.35. The Morgan fingerprint density at radius 3 is 2.21 bits per heavy atom. The highest BCUT2D eigenvalue weighted by Crippen LogP contribution is 2.37. The molecule has 2 aliphatic heterocycles. The minimum atomic E-state index is -4.59. The van der Waals surface area contributed by atoms with Crippen LogP contribution in [0.25, 0.3) is 0 Å².